The molecule has 1 heterocycles. The fourth-order valence-electron chi connectivity index (χ4n) is 2.36. The van der Waals surface area contributed by atoms with Gasteiger partial charge >= 0.3 is 0 Å². The summed E-state index contributed by atoms with van der Waals surface area (Å²) < 4.78 is 26.8. The maximum absolute atomic E-state index is 12.9. The normalized spacial score (nSPS) is 11.4. The van der Waals surface area contributed by atoms with Gasteiger partial charge in [-0.25, -0.2) is 8.42 Å². The van der Waals surface area contributed by atoms with E-state index in [0.29, 0.717) is 5.56 Å². The van der Waals surface area contributed by atoms with Crippen LogP contribution in [0.25, 0.3) is 0 Å². The third-order valence-corrected chi connectivity index (χ3v) is 6.21. The van der Waals surface area contributed by atoms with Gasteiger partial charge in [0, 0.05) is 5.56 Å². The topological polar surface area (TPSA) is 95.0 Å². The molecule has 0 saturated carbocycles. The summed E-state index contributed by atoms with van der Waals surface area (Å²) in [5.41, 5.74) is 6.40. The van der Waals surface area contributed by atoms with Gasteiger partial charge in [0.25, 0.3) is 5.91 Å². The molecule has 0 radical (unpaired) electrons. The van der Waals surface area contributed by atoms with Gasteiger partial charge in [0.1, 0.15) is 9.92 Å². The van der Waals surface area contributed by atoms with Gasteiger partial charge in [-0.2, -0.15) is 9.78 Å². The number of nitrogens with two attached hydrogens (primary N) is 1. The predicted molar refractivity (Wildman–Crippen MR) is 96.5 cm³/mol. The van der Waals surface area contributed by atoms with Crippen molar-refractivity contribution in [2.45, 2.75) is 14.8 Å². The van der Waals surface area contributed by atoms with E-state index in [2.05, 4.69) is 5.10 Å². The Morgan fingerprint density at radius 2 is 1.60 bits per heavy atom. The molecule has 25 heavy (non-hydrogen) atoms. The molecule has 128 valence electrons. The molecule has 8 heteroatoms. The van der Waals surface area contributed by atoms with Crippen molar-refractivity contribution in [1.82, 2.24) is 9.78 Å². The Hall–Kier alpha value is -2.58. The minimum Gasteiger partial charge on any atom is -0.382 e. The second-order valence-corrected chi connectivity index (χ2v) is 7.80. The van der Waals surface area contributed by atoms with Crippen LogP contribution in [-0.4, -0.2) is 30.4 Å². The Bertz CT molecular complexity index is 1010. The van der Waals surface area contributed by atoms with Crippen molar-refractivity contribution in [2.24, 2.45) is 0 Å². The number of sulfone groups is 1. The summed E-state index contributed by atoms with van der Waals surface area (Å²) in [4.78, 5) is 12.6. The zero-order valence-electron chi connectivity index (χ0n) is 13.3. The number of rotatable bonds is 4. The van der Waals surface area contributed by atoms with Crippen LogP contribution in [0.1, 0.15) is 10.4 Å². The first-order chi connectivity index (χ1) is 12.0. The van der Waals surface area contributed by atoms with Gasteiger partial charge in [0.15, 0.2) is 5.82 Å². The lowest BCUT2D eigenvalue weighted by Gasteiger charge is -2.06. The molecular formula is C17H15N3O3S2. The number of hydrogen-bond donors (Lipinski definition) is 1. The SMILES string of the molecule is CSc1nn(C(=O)c2ccccc2)c(N)c1S(=O)(=O)c1ccccc1. The Morgan fingerprint density at radius 3 is 2.16 bits per heavy atom. The molecule has 3 aromatic rings. The molecule has 0 saturated heterocycles. The zero-order chi connectivity index (χ0) is 18.0. The van der Waals surface area contributed by atoms with Crippen molar-refractivity contribution in [3.8, 4) is 0 Å². The van der Waals surface area contributed by atoms with Gasteiger partial charge in [-0.1, -0.05) is 36.4 Å². The Labute approximate surface area is 149 Å². The molecule has 1 aromatic heterocycles. The van der Waals surface area contributed by atoms with Crippen molar-refractivity contribution >= 4 is 33.3 Å². The summed E-state index contributed by atoms with van der Waals surface area (Å²) in [5.74, 6) is -0.676. The van der Waals surface area contributed by atoms with Crippen molar-refractivity contribution < 1.29 is 13.2 Å². The summed E-state index contributed by atoms with van der Waals surface area (Å²) in [5, 5.41) is 4.31. The third-order valence-electron chi connectivity index (χ3n) is 3.57. The lowest BCUT2D eigenvalue weighted by Crippen LogP contribution is -2.17. The number of hydrogen-bond acceptors (Lipinski definition) is 6. The van der Waals surface area contributed by atoms with E-state index in [1.165, 1.54) is 12.1 Å². The third kappa shape index (κ3) is 3.06. The molecule has 2 N–H and O–H groups in total. The average molecular weight is 373 g/mol. The van der Waals surface area contributed by atoms with E-state index in [0.717, 1.165) is 16.4 Å². The van der Waals surface area contributed by atoms with E-state index < -0.39 is 15.7 Å². The van der Waals surface area contributed by atoms with Gasteiger partial charge in [-0.3, -0.25) is 4.79 Å². The number of nitrogens with zero attached hydrogens (tertiary/aromatic N) is 2. The van der Waals surface area contributed by atoms with Gasteiger partial charge in [0.2, 0.25) is 9.84 Å². The first-order valence-corrected chi connectivity index (χ1v) is 10.00. The fourth-order valence-corrected chi connectivity index (χ4v) is 4.77. The largest absolute Gasteiger partial charge is 0.382 e. The van der Waals surface area contributed by atoms with E-state index in [1.807, 2.05) is 0 Å². The first-order valence-electron chi connectivity index (χ1n) is 7.29. The molecule has 2 aromatic carbocycles. The monoisotopic (exact) mass is 373 g/mol. The van der Waals surface area contributed by atoms with Crippen LogP contribution in [0.4, 0.5) is 5.82 Å². The number of anilines is 1. The number of benzene rings is 2. The molecule has 0 amide bonds. The summed E-state index contributed by atoms with van der Waals surface area (Å²) in [6, 6.07) is 16.4. The number of nitrogen functional groups attached to an aromatic ring is 1. The molecule has 0 bridgehead atoms. The number of carbonyl (C=O) groups is 1. The molecule has 0 atom stereocenters. The number of carbonyl (C=O) groups excluding carboxylic acids is 1. The van der Waals surface area contributed by atoms with Crippen LogP contribution in [-0.2, 0) is 9.84 Å². The molecule has 6 nitrogen and oxygen atoms in total. The Kier molecular flexibility index (Phi) is 4.65. The Morgan fingerprint density at radius 1 is 1.04 bits per heavy atom. The van der Waals surface area contributed by atoms with Gasteiger partial charge in [-0.15, -0.1) is 11.8 Å². The highest BCUT2D eigenvalue weighted by molar-refractivity contribution is 7.99. The van der Waals surface area contributed by atoms with Crippen molar-refractivity contribution in [2.75, 3.05) is 12.0 Å². The predicted octanol–water partition coefficient (Wildman–Crippen LogP) is 2.71. The minimum absolute atomic E-state index is 0.101. The summed E-state index contributed by atoms with van der Waals surface area (Å²) in [6.45, 7) is 0. The summed E-state index contributed by atoms with van der Waals surface area (Å²) in [6.07, 6.45) is 1.68. The highest BCUT2D eigenvalue weighted by Crippen LogP contribution is 2.34. The highest BCUT2D eigenvalue weighted by Gasteiger charge is 2.30. The molecule has 0 aliphatic carbocycles. The second-order valence-electron chi connectivity index (χ2n) is 5.12. The molecule has 0 aliphatic rings. The lowest BCUT2D eigenvalue weighted by molar-refractivity contribution is 0.0946. The van der Waals surface area contributed by atoms with Crippen LogP contribution >= 0.6 is 11.8 Å². The van der Waals surface area contributed by atoms with E-state index in [4.69, 9.17) is 5.73 Å². The van der Waals surface area contributed by atoms with E-state index in [-0.39, 0.29) is 20.6 Å². The van der Waals surface area contributed by atoms with Gasteiger partial charge < -0.3 is 5.73 Å². The molecule has 3 rings (SSSR count). The Balaban J connectivity index is 2.17. The first kappa shape index (κ1) is 17.2. The lowest BCUT2D eigenvalue weighted by atomic mass is 10.2. The van der Waals surface area contributed by atoms with Crippen molar-refractivity contribution in [3.63, 3.8) is 0 Å². The van der Waals surface area contributed by atoms with Crippen molar-refractivity contribution in [1.29, 1.82) is 0 Å². The average Bonchev–Trinajstić information content (AvgIpc) is 2.99. The maximum Gasteiger partial charge on any atom is 0.280 e. The maximum atomic E-state index is 12.9. The van der Waals surface area contributed by atoms with Crippen LogP contribution in [0.2, 0.25) is 0 Å². The summed E-state index contributed by atoms with van der Waals surface area (Å²) >= 11 is 1.12. The second kappa shape index (κ2) is 6.73. The van der Waals surface area contributed by atoms with E-state index >= 15 is 0 Å². The number of aromatic nitrogens is 2. The van der Waals surface area contributed by atoms with Gasteiger partial charge in [0.05, 0.1) is 4.90 Å². The smallest absolute Gasteiger partial charge is 0.280 e. The van der Waals surface area contributed by atoms with Crippen LogP contribution < -0.4 is 5.73 Å². The van der Waals surface area contributed by atoms with Gasteiger partial charge in [-0.05, 0) is 30.5 Å². The zero-order valence-corrected chi connectivity index (χ0v) is 14.9. The fraction of sp³-hybridized carbons (Fsp3) is 0.0588. The van der Waals surface area contributed by atoms with Crippen LogP contribution in [0, 0.1) is 0 Å². The van der Waals surface area contributed by atoms with E-state index in [9.17, 15) is 13.2 Å². The molecule has 0 fully saturated rings. The number of thioether (sulfide) groups is 1. The minimum atomic E-state index is -3.89. The van der Waals surface area contributed by atoms with Crippen molar-refractivity contribution in [3.05, 3.63) is 66.2 Å². The van der Waals surface area contributed by atoms with E-state index in [1.54, 1.807) is 54.8 Å². The molecule has 0 unspecified atom stereocenters. The molecular weight excluding hydrogens is 358 g/mol. The summed E-state index contributed by atoms with van der Waals surface area (Å²) in [7, 11) is -3.89. The van der Waals surface area contributed by atoms with Crippen LogP contribution in [0.3, 0.4) is 0 Å². The molecule has 0 aliphatic heterocycles. The van der Waals surface area contributed by atoms with Crippen LogP contribution in [0.5, 0.6) is 0 Å². The molecule has 0 spiro atoms. The standard InChI is InChI=1S/C17H15N3O3S2/c1-24-16-14(25(22,23)13-10-6-3-7-11-13)15(18)20(19-16)17(21)12-8-4-2-5-9-12/h2-11H,18H2,1H3. The highest BCUT2D eigenvalue weighted by atomic mass is 32.2. The quantitative estimate of drug-likeness (QED) is 0.707. The van der Waals surface area contributed by atoms with Crippen LogP contribution in [0.15, 0.2) is 75.5 Å².